The summed E-state index contributed by atoms with van der Waals surface area (Å²) in [6.45, 7) is 4.53. The second-order valence-electron chi connectivity index (χ2n) is 4.80. The van der Waals surface area contributed by atoms with E-state index in [2.05, 4.69) is 21.5 Å². The number of fused-ring (bicyclic) bond motifs is 1. The van der Waals surface area contributed by atoms with Crippen molar-refractivity contribution in [3.8, 4) is 0 Å². The van der Waals surface area contributed by atoms with Crippen LogP contribution in [-0.4, -0.2) is 21.1 Å². The van der Waals surface area contributed by atoms with Gasteiger partial charge in [0.15, 0.2) is 5.82 Å². The molecule has 0 aliphatic carbocycles. The Hall–Kier alpha value is -2.37. The highest BCUT2D eigenvalue weighted by Crippen LogP contribution is 2.33. The summed E-state index contributed by atoms with van der Waals surface area (Å²) in [6.07, 6.45) is 0.672. The van der Waals surface area contributed by atoms with Gasteiger partial charge in [0.25, 0.3) is 0 Å². The van der Waals surface area contributed by atoms with Gasteiger partial charge in [0, 0.05) is 13.0 Å². The van der Waals surface area contributed by atoms with Gasteiger partial charge in [0.05, 0.1) is 6.04 Å². The monoisotopic (exact) mass is 272 g/mol. The van der Waals surface area contributed by atoms with Gasteiger partial charge in [0.2, 0.25) is 0 Å². The van der Waals surface area contributed by atoms with Crippen molar-refractivity contribution in [1.29, 1.82) is 0 Å². The van der Waals surface area contributed by atoms with E-state index in [-0.39, 0.29) is 18.1 Å². The third kappa shape index (κ3) is 2.13. The Morgan fingerprint density at radius 3 is 3.00 bits per heavy atom. The number of anilines is 1. The van der Waals surface area contributed by atoms with E-state index < -0.39 is 0 Å². The Morgan fingerprint density at radius 1 is 1.50 bits per heavy atom. The van der Waals surface area contributed by atoms with Gasteiger partial charge in [0.1, 0.15) is 0 Å². The minimum Gasteiger partial charge on any atom is -0.315 e. The normalized spacial score (nSPS) is 17.1. The van der Waals surface area contributed by atoms with Crippen molar-refractivity contribution >= 4 is 12.0 Å². The van der Waals surface area contributed by atoms with Crippen LogP contribution in [0.3, 0.4) is 0 Å². The molecule has 0 saturated carbocycles. The molecule has 6 nitrogen and oxygen atoms in total. The molecule has 20 heavy (non-hydrogen) atoms. The quantitative estimate of drug-likeness (QED) is 0.912. The Morgan fingerprint density at radius 2 is 2.30 bits per heavy atom. The number of benzene rings is 1. The van der Waals surface area contributed by atoms with Crippen molar-refractivity contribution in [3.63, 3.8) is 0 Å². The molecule has 1 aromatic heterocycles. The summed E-state index contributed by atoms with van der Waals surface area (Å²) in [5.41, 5.74) is 2.36. The third-order valence-electron chi connectivity index (χ3n) is 3.57. The van der Waals surface area contributed by atoms with Gasteiger partial charge in [-0.3, -0.25) is 5.32 Å². The van der Waals surface area contributed by atoms with Gasteiger partial charge in [-0.2, -0.15) is 4.98 Å². The average molecular weight is 272 g/mol. The number of hydrogen-bond donors (Lipinski definition) is 1. The molecule has 1 aromatic carbocycles. The standard InChI is InChI=1S/C14H16N4O2/c1-3-12-15-13(20-17-12)16-14(19)18-8-10-6-4-5-7-11(10)9(18)2/h4-7,9H,3,8H2,1-2H3,(H,15,16,17,19)/t9-/m0/s1. The molecule has 1 N–H and O–H groups in total. The molecule has 2 heterocycles. The highest BCUT2D eigenvalue weighted by molar-refractivity contribution is 5.87. The van der Waals surface area contributed by atoms with Crippen LogP contribution in [0.25, 0.3) is 0 Å². The molecule has 0 radical (unpaired) electrons. The Bertz CT molecular complexity index is 638. The molecular weight excluding hydrogens is 256 g/mol. The van der Waals surface area contributed by atoms with Crippen molar-refractivity contribution < 1.29 is 9.32 Å². The molecule has 6 heteroatoms. The van der Waals surface area contributed by atoms with E-state index in [0.29, 0.717) is 18.8 Å². The zero-order chi connectivity index (χ0) is 14.1. The predicted octanol–water partition coefficient (Wildman–Crippen LogP) is 2.74. The Kier molecular flexibility index (Phi) is 3.14. The van der Waals surface area contributed by atoms with Crippen LogP contribution in [0, 0.1) is 0 Å². The molecule has 2 amide bonds. The van der Waals surface area contributed by atoms with E-state index in [0.717, 1.165) is 0 Å². The van der Waals surface area contributed by atoms with Crippen molar-refractivity contribution in [2.45, 2.75) is 32.9 Å². The van der Waals surface area contributed by atoms with E-state index in [1.54, 1.807) is 4.90 Å². The highest BCUT2D eigenvalue weighted by atomic mass is 16.5. The highest BCUT2D eigenvalue weighted by Gasteiger charge is 2.30. The zero-order valence-corrected chi connectivity index (χ0v) is 11.5. The Labute approximate surface area is 116 Å². The molecule has 104 valence electrons. The first-order valence-corrected chi connectivity index (χ1v) is 6.67. The number of carbonyl (C=O) groups is 1. The molecule has 0 fully saturated rings. The number of carbonyl (C=O) groups excluding carboxylic acids is 1. The summed E-state index contributed by atoms with van der Waals surface area (Å²) in [5.74, 6) is 0.582. The van der Waals surface area contributed by atoms with E-state index in [1.807, 2.05) is 32.0 Å². The number of nitrogens with zero attached hydrogens (tertiary/aromatic N) is 3. The predicted molar refractivity (Wildman–Crippen MR) is 73.1 cm³/mol. The Balaban J connectivity index is 1.73. The average Bonchev–Trinajstić information content (AvgIpc) is 3.04. The number of aromatic nitrogens is 2. The molecule has 0 saturated heterocycles. The molecule has 0 bridgehead atoms. The van der Waals surface area contributed by atoms with Crippen molar-refractivity contribution in [1.82, 2.24) is 15.0 Å². The number of hydrogen-bond acceptors (Lipinski definition) is 4. The molecule has 1 aliphatic heterocycles. The fourth-order valence-corrected chi connectivity index (χ4v) is 2.43. The van der Waals surface area contributed by atoms with Crippen LogP contribution in [0.1, 0.15) is 36.8 Å². The number of amides is 2. The molecule has 0 unspecified atom stereocenters. The lowest BCUT2D eigenvalue weighted by molar-refractivity contribution is 0.198. The maximum Gasteiger partial charge on any atom is 0.329 e. The third-order valence-corrected chi connectivity index (χ3v) is 3.57. The first kappa shape index (κ1) is 12.7. The van der Waals surface area contributed by atoms with Gasteiger partial charge in [-0.05, 0) is 18.1 Å². The fourth-order valence-electron chi connectivity index (χ4n) is 2.43. The van der Waals surface area contributed by atoms with Crippen LogP contribution in [0.5, 0.6) is 0 Å². The van der Waals surface area contributed by atoms with Crippen molar-refractivity contribution in [3.05, 3.63) is 41.2 Å². The van der Waals surface area contributed by atoms with Crippen LogP contribution < -0.4 is 5.32 Å². The molecule has 1 atom stereocenters. The lowest BCUT2D eigenvalue weighted by Gasteiger charge is -2.21. The largest absolute Gasteiger partial charge is 0.329 e. The van der Waals surface area contributed by atoms with Gasteiger partial charge < -0.3 is 9.42 Å². The summed E-state index contributed by atoms with van der Waals surface area (Å²) in [7, 11) is 0. The summed E-state index contributed by atoms with van der Waals surface area (Å²) >= 11 is 0. The van der Waals surface area contributed by atoms with E-state index >= 15 is 0 Å². The van der Waals surface area contributed by atoms with Crippen LogP contribution in [0.2, 0.25) is 0 Å². The summed E-state index contributed by atoms with van der Waals surface area (Å²) in [6, 6.07) is 8.03. The van der Waals surface area contributed by atoms with Crippen molar-refractivity contribution in [2.24, 2.45) is 0 Å². The molecule has 2 aromatic rings. The van der Waals surface area contributed by atoms with Crippen LogP contribution in [-0.2, 0) is 13.0 Å². The first-order chi connectivity index (χ1) is 9.69. The van der Waals surface area contributed by atoms with Crippen LogP contribution >= 0.6 is 0 Å². The van der Waals surface area contributed by atoms with E-state index in [4.69, 9.17) is 4.52 Å². The maximum atomic E-state index is 12.3. The summed E-state index contributed by atoms with van der Waals surface area (Å²) < 4.78 is 4.98. The van der Waals surface area contributed by atoms with Gasteiger partial charge >= 0.3 is 12.0 Å². The summed E-state index contributed by atoms with van der Waals surface area (Å²) in [4.78, 5) is 18.1. The molecule has 0 spiro atoms. The fraction of sp³-hybridized carbons (Fsp3) is 0.357. The van der Waals surface area contributed by atoms with Crippen LogP contribution in [0.4, 0.5) is 10.8 Å². The topological polar surface area (TPSA) is 71.3 Å². The maximum absolute atomic E-state index is 12.3. The molecule has 3 rings (SSSR count). The minimum atomic E-state index is -0.222. The first-order valence-electron chi connectivity index (χ1n) is 6.67. The number of rotatable bonds is 2. The lowest BCUT2D eigenvalue weighted by atomic mass is 10.1. The molecular formula is C14H16N4O2. The van der Waals surface area contributed by atoms with Crippen molar-refractivity contribution in [2.75, 3.05) is 5.32 Å². The lowest BCUT2D eigenvalue weighted by Crippen LogP contribution is -2.32. The van der Waals surface area contributed by atoms with E-state index in [9.17, 15) is 4.79 Å². The molecule has 1 aliphatic rings. The van der Waals surface area contributed by atoms with Gasteiger partial charge in [-0.25, -0.2) is 4.79 Å². The number of urea groups is 1. The number of aryl methyl sites for hydroxylation is 1. The number of nitrogens with one attached hydrogen (secondary N) is 1. The minimum absolute atomic E-state index is 0.0415. The smallest absolute Gasteiger partial charge is 0.315 e. The van der Waals surface area contributed by atoms with Gasteiger partial charge in [-0.1, -0.05) is 36.3 Å². The summed E-state index contributed by atoms with van der Waals surface area (Å²) in [5, 5.41) is 6.40. The second kappa shape index (κ2) is 4.96. The van der Waals surface area contributed by atoms with E-state index in [1.165, 1.54) is 11.1 Å². The van der Waals surface area contributed by atoms with Crippen LogP contribution in [0.15, 0.2) is 28.8 Å². The second-order valence-corrected chi connectivity index (χ2v) is 4.80. The SMILES string of the molecule is CCc1noc(NC(=O)N2Cc3ccccc3[C@@H]2C)n1. The zero-order valence-electron chi connectivity index (χ0n) is 11.5. The van der Waals surface area contributed by atoms with Gasteiger partial charge in [-0.15, -0.1) is 0 Å².